The summed E-state index contributed by atoms with van der Waals surface area (Å²) in [5.74, 6) is -0.721. The first-order valence-corrected chi connectivity index (χ1v) is 9.91. The number of halogens is 1. The lowest BCUT2D eigenvalue weighted by Gasteiger charge is -2.22. The molecule has 1 saturated heterocycles. The summed E-state index contributed by atoms with van der Waals surface area (Å²) >= 11 is 0. The van der Waals surface area contributed by atoms with Gasteiger partial charge in [0.1, 0.15) is 17.3 Å². The van der Waals surface area contributed by atoms with Crippen LogP contribution in [0.1, 0.15) is 35.7 Å². The molecule has 0 bridgehead atoms. The minimum Gasteiger partial charge on any atom is -0.497 e. The summed E-state index contributed by atoms with van der Waals surface area (Å²) in [5.41, 5.74) is 0.781. The fourth-order valence-corrected chi connectivity index (χ4v) is 3.88. The first-order valence-electron chi connectivity index (χ1n) is 9.91. The van der Waals surface area contributed by atoms with Crippen LogP contribution in [0, 0.1) is 11.7 Å². The number of amides is 2. The van der Waals surface area contributed by atoms with E-state index in [4.69, 9.17) is 9.47 Å². The van der Waals surface area contributed by atoms with Gasteiger partial charge in [-0.25, -0.2) is 4.39 Å². The summed E-state index contributed by atoms with van der Waals surface area (Å²) in [6.07, 6.45) is 0. The predicted molar refractivity (Wildman–Crippen MR) is 111 cm³/mol. The minimum atomic E-state index is -0.576. The highest BCUT2D eigenvalue weighted by molar-refractivity contribution is 5.95. The highest BCUT2D eigenvalue weighted by atomic mass is 19.1. The number of likely N-dealkylation sites (tertiary alicyclic amines) is 1. The van der Waals surface area contributed by atoms with Crippen molar-refractivity contribution in [2.24, 2.45) is 5.92 Å². The Morgan fingerprint density at radius 2 is 1.83 bits per heavy atom. The number of hydrogen-bond acceptors (Lipinski definition) is 4. The van der Waals surface area contributed by atoms with Crippen LogP contribution in [-0.4, -0.2) is 50.1 Å². The number of ether oxygens (including phenoxy) is 2. The lowest BCUT2D eigenvalue weighted by atomic mass is 9.87. The van der Waals surface area contributed by atoms with Crippen molar-refractivity contribution in [3.05, 3.63) is 59.4 Å². The van der Waals surface area contributed by atoms with Gasteiger partial charge in [-0.05, 0) is 44.2 Å². The second-order valence-corrected chi connectivity index (χ2v) is 7.67. The number of hydrogen-bond donors (Lipinski definition) is 1. The average Bonchev–Trinajstić information content (AvgIpc) is 3.18. The Kier molecular flexibility index (Phi) is 6.59. The number of nitrogens with zero attached hydrogens (tertiary/aromatic N) is 1. The molecular formula is C23H27FN2O4. The number of methoxy groups -OCH3 is 2. The van der Waals surface area contributed by atoms with Crippen LogP contribution in [0.15, 0.2) is 42.5 Å². The second-order valence-electron chi connectivity index (χ2n) is 7.67. The van der Waals surface area contributed by atoms with Crippen LogP contribution < -0.4 is 14.8 Å². The predicted octanol–water partition coefficient (Wildman–Crippen LogP) is 3.22. The summed E-state index contributed by atoms with van der Waals surface area (Å²) in [5, 5.41) is 2.94. The fraction of sp³-hybridized carbons (Fsp3) is 0.391. The largest absolute Gasteiger partial charge is 0.497 e. The van der Waals surface area contributed by atoms with Crippen LogP contribution >= 0.6 is 0 Å². The molecule has 0 saturated carbocycles. The SMILES string of the molecule is COc1ccc(OC)c([C@@H]2CN(C(=O)c3ccccc3F)C[C@H]2C(=O)NC(C)C)c1. The molecule has 2 aromatic rings. The number of rotatable bonds is 6. The highest BCUT2D eigenvalue weighted by Gasteiger charge is 2.42. The van der Waals surface area contributed by atoms with Gasteiger partial charge in [0.05, 0.1) is 25.7 Å². The number of benzene rings is 2. The van der Waals surface area contributed by atoms with Gasteiger partial charge in [0.25, 0.3) is 5.91 Å². The van der Waals surface area contributed by atoms with Gasteiger partial charge in [-0.1, -0.05) is 12.1 Å². The lowest BCUT2D eigenvalue weighted by Crippen LogP contribution is -2.39. The summed E-state index contributed by atoms with van der Waals surface area (Å²) in [6, 6.07) is 11.2. The molecule has 0 unspecified atom stereocenters. The van der Waals surface area contributed by atoms with Crippen molar-refractivity contribution in [1.82, 2.24) is 10.2 Å². The molecule has 7 heteroatoms. The first-order chi connectivity index (χ1) is 14.3. The van der Waals surface area contributed by atoms with Crippen LogP contribution in [0.2, 0.25) is 0 Å². The number of nitrogens with one attached hydrogen (secondary N) is 1. The molecule has 1 fully saturated rings. The molecule has 0 aromatic heterocycles. The summed E-state index contributed by atoms with van der Waals surface area (Å²) in [4.78, 5) is 27.5. The molecule has 6 nitrogen and oxygen atoms in total. The minimum absolute atomic E-state index is 0.00113. The van der Waals surface area contributed by atoms with Gasteiger partial charge >= 0.3 is 0 Å². The van der Waals surface area contributed by atoms with E-state index in [1.165, 1.54) is 17.0 Å². The van der Waals surface area contributed by atoms with Crippen molar-refractivity contribution in [1.29, 1.82) is 0 Å². The van der Waals surface area contributed by atoms with Crippen LogP contribution in [0.25, 0.3) is 0 Å². The Bertz CT molecular complexity index is 931. The Labute approximate surface area is 176 Å². The Morgan fingerprint density at radius 3 is 2.47 bits per heavy atom. The monoisotopic (exact) mass is 414 g/mol. The number of carbonyl (C=O) groups is 2. The standard InChI is InChI=1S/C23H27FN2O4/c1-14(2)25-22(27)19-13-26(23(28)16-7-5-6-8-20(16)24)12-18(19)17-11-15(29-3)9-10-21(17)30-4/h5-11,14,18-19H,12-13H2,1-4H3,(H,25,27)/t18-,19+/m0/s1. The molecule has 0 radical (unpaired) electrons. The van der Waals surface area contributed by atoms with E-state index in [1.807, 2.05) is 19.9 Å². The zero-order valence-corrected chi connectivity index (χ0v) is 17.6. The third-order valence-corrected chi connectivity index (χ3v) is 5.32. The molecule has 3 rings (SSSR count). The van der Waals surface area contributed by atoms with E-state index in [0.29, 0.717) is 11.5 Å². The number of carbonyl (C=O) groups excluding carboxylic acids is 2. The maximum Gasteiger partial charge on any atom is 0.256 e. The van der Waals surface area contributed by atoms with Gasteiger partial charge in [-0.2, -0.15) is 0 Å². The average molecular weight is 414 g/mol. The molecule has 1 aliphatic rings. The van der Waals surface area contributed by atoms with Crippen molar-refractivity contribution >= 4 is 11.8 Å². The van der Waals surface area contributed by atoms with Crippen molar-refractivity contribution in [2.75, 3.05) is 27.3 Å². The van der Waals surface area contributed by atoms with Gasteiger partial charge in [0.15, 0.2) is 0 Å². The van der Waals surface area contributed by atoms with E-state index < -0.39 is 17.6 Å². The Balaban J connectivity index is 1.98. The van der Waals surface area contributed by atoms with E-state index in [-0.39, 0.29) is 36.5 Å². The molecular weight excluding hydrogens is 387 g/mol. The van der Waals surface area contributed by atoms with E-state index in [1.54, 1.807) is 38.5 Å². The molecule has 2 aromatic carbocycles. The van der Waals surface area contributed by atoms with E-state index in [9.17, 15) is 14.0 Å². The molecule has 1 N–H and O–H groups in total. The Hall–Kier alpha value is -3.09. The van der Waals surface area contributed by atoms with Crippen molar-refractivity contribution in [3.63, 3.8) is 0 Å². The first kappa shape index (κ1) is 21.6. The molecule has 160 valence electrons. The van der Waals surface area contributed by atoms with Crippen LogP contribution in [0.5, 0.6) is 11.5 Å². The summed E-state index contributed by atoms with van der Waals surface area (Å²) < 4.78 is 25.1. The summed E-state index contributed by atoms with van der Waals surface area (Å²) in [6.45, 7) is 4.23. The van der Waals surface area contributed by atoms with E-state index in [2.05, 4.69) is 5.32 Å². The maximum absolute atomic E-state index is 14.2. The van der Waals surface area contributed by atoms with Crippen LogP contribution in [0.3, 0.4) is 0 Å². The van der Waals surface area contributed by atoms with Gasteiger partial charge < -0.3 is 19.7 Å². The zero-order chi connectivity index (χ0) is 21.8. The van der Waals surface area contributed by atoms with Crippen molar-refractivity contribution < 1.29 is 23.5 Å². The summed E-state index contributed by atoms with van der Waals surface area (Å²) in [7, 11) is 3.13. The normalized spacial score (nSPS) is 18.4. The van der Waals surface area contributed by atoms with Gasteiger partial charge in [0, 0.05) is 30.6 Å². The maximum atomic E-state index is 14.2. The highest BCUT2D eigenvalue weighted by Crippen LogP contribution is 2.40. The molecule has 1 aliphatic heterocycles. The van der Waals surface area contributed by atoms with Crippen LogP contribution in [0.4, 0.5) is 4.39 Å². The van der Waals surface area contributed by atoms with Crippen molar-refractivity contribution in [3.8, 4) is 11.5 Å². The van der Waals surface area contributed by atoms with Gasteiger partial charge in [0.2, 0.25) is 5.91 Å². The molecule has 0 aliphatic carbocycles. The molecule has 2 amide bonds. The zero-order valence-electron chi connectivity index (χ0n) is 17.6. The molecule has 0 spiro atoms. The topological polar surface area (TPSA) is 67.9 Å². The molecule has 2 atom stereocenters. The smallest absolute Gasteiger partial charge is 0.256 e. The third-order valence-electron chi connectivity index (χ3n) is 5.32. The van der Waals surface area contributed by atoms with Crippen molar-refractivity contribution in [2.45, 2.75) is 25.8 Å². The molecule has 30 heavy (non-hydrogen) atoms. The van der Waals surface area contributed by atoms with Crippen LogP contribution in [-0.2, 0) is 4.79 Å². The van der Waals surface area contributed by atoms with E-state index in [0.717, 1.165) is 5.56 Å². The third kappa shape index (κ3) is 4.40. The quantitative estimate of drug-likeness (QED) is 0.788. The van der Waals surface area contributed by atoms with Gasteiger partial charge in [-0.15, -0.1) is 0 Å². The van der Waals surface area contributed by atoms with E-state index >= 15 is 0 Å². The second kappa shape index (κ2) is 9.15. The fourth-order valence-electron chi connectivity index (χ4n) is 3.88. The molecule has 1 heterocycles. The Morgan fingerprint density at radius 1 is 1.10 bits per heavy atom. The van der Waals surface area contributed by atoms with Gasteiger partial charge in [-0.3, -0.25) is 9.59 Å². The lowest BCUT2D eigenvalue weighted by molar-refractivity contribution is -0.125.